The predicted octanol–water partition coefficient (Wildman–Crippen LogP) is 0.102. The lowest BCUT2D eigenvalue weighted by Crippen LogP contribution is -2.34. The summed E-state index contributed by atoms with van der Waals surface area (Å²) < 4.78 is 1.78. The Hall–Kier alpha value is -1.87. The fraction of sp³-hybridized carbons (Fsp3) is 0.583. The van der Waals surface area contributed by atoms with Crippen LogP contribution in [-0.4, -0.2) is 28.8 Å². The predicted molar refractivity (Wildman–Crippen MR) is 67.5 cm³/mol. The Bertz CT molecular complexity index is 432. The minimum atomic E-state index is -0.0906. The van der Waals surface area contributed by atoms with Crippen molar-refractivity contribution in [1.82, 2.24) is 20.4 Å². The fourth-order valence-corrected chi connectivity index (χ4v) is 1.66. The number of carbonyl (C=O) groups excluding carboxylic acids is 1. The molecule has 1 aromatic rings. The molecule has 0 saturated heterocycles. The van der Waals surface area contributed by atoms with Crippen LogP contribution in [0, 0.1) is 11.3 Å². The highest BCUT2D eigenvalue weighted by molar-refractivity contribution is 5.77. The van der Waals surface area contributed by atoms with E-state index in [0.717, 1.165) is 17.7 Å². The SMILES string of the molecule is CCc1nn(C)cc1CNCC(=O)NCCC#N. The maximum atomic E-state index is 11.4. The number of nitriles is 1. The van der Waals surface area contributed by atoms with Gasteiger partial charge in [-0.15, -0.1) is 0 Å². The molecule has 0 saturated carbocycles. The Kier molecular flexibility index (Phi) is 5.88. The maximum absolute atomic E-state index is 11.4. The van der Waals surface area contributed by atoms with Crippen LogP contribution in [-0.2, 0) is 24.8 Å². The van der Waals surface area contributed by atoms with Crippen molar-refractivity contribution >= 4 is 5.91 Å². The van der Waals surface area contributed by atoms with E-state index in [1.165, 1.54) is 0 Å². The number of nitrogens with one attached hydrogen (secondary N) is 2. The Morgan fingerprint density at radius 2 is 2.39 bits per heavy atom. The van der Waals surface area contributed by atoms with E-state index in [4.69, 9.17) is 5.26 Å². The second-order valence-corrected chi connectivity index (χ2v) is 3.99. The summed E-state index contributed by atoms with van der Waals surface area (Å²) in [4.78, 5) is 11.4. The fourth-order valence-electron chi connectivity index (χ4n) is 1.66. The van der Waals surface area contributed by atoms with Gasteiger partial charge in [0.05, 0.1) is 24.7 Å². The van der Waals surface area contributed by atoms with E-state index in [9.17, 15) is 4.79 Å². The van der Waals surface area contributed by atoms with Gasteiger partial charge in [0.25, 0.3) is 0 Å². The lowest BCUT2D eigenvalue weighted by molar-refractivity contribution is -0.120. The molecule has 2 N–H and O–H groups in total. The largest absolute Gasteiger partial charge is 0.354 e. The van der Waals surface area contributed by atoms with Gasteiger partial charge in [-0.05, 0) is 6.42 Å². The first-order valence-electron chi connectivity index (χ1n) is 6.03. The van der Waals surface area contributed by atoms with Gasteiger partial charge in [0.2, 0.25) is 5.91 Å². The number of rotatable bonds is 7. The molecule has 0 atom stereocenters. The lowest BCUT2D eigenvalue weighted by Gasteiger charge is -2.05. The smallest absolute Gasteiger partial charge is 0.234 e. The number of nitrogens with zero attached hydrogens (tertiary/aromatic N) is 3. The van der Waals surface area contributed by atoms with Gasteiger partial charge in [0, 0.05) is 31.9 Å². The maximum Gasteiger partial charge on any atom is 0.234 e. The number of hydrogen-bond acceptors (Lipinski definition) is 4. The first-order valence-corrected chi connectivity index (χ1v) is 6.03. The molecule has 6 heteroatoms. The Balaban J connectivity index is 2.28. The van der Waals surface area contributed by atoms with Crippen LogP contribution in [0.4, 0.5) is 0 Å². The highest BCUT2D eigenvalue weighted by Crippen LogP contribution is 2.06. The van der Waals surface area contributed by atoms with Crippen LogP contribution in [0.2, 0.25) is 0 Å². The third-order valence-electron chi connectivity index (χ3n) is 2.49. The average molecular weight is 249 g/mol. The topological polar surface area (TPSA) is 82.7 Å². The molecule has 0 unspecified atom stereocenters. The van der Waals surface area contributed by atoms with Crippen molar-refractivity contribution < 1.29 is 4.79 Å². The van der Waals surface area contributed by atoms with E-state index in [2.05, 4.69) is 22.7 Å². The van der Waals surface area contributed by atoms with Gasteiger partial charge in [0.15, 0.2) is 0 Å². The summed E-state index contributed by atoms with van der Waals surface area (Å²) in [5, 5.41) is 18.4. The minimum Gasteiger partial charge on any atom is -0.354 e. The Morgan fingerprint density at radius 1 is 1.61 bits per heavy atom. The zero-order valence-corrected chi connectivity index (χ0v) is 10.9. The quantitative estimate of drug-likeness (QED) is 0.671. The van der Waals surface area contributed by atoms with Gasteiger partial charge in [-0.1, -0.05) is 6.92 Å². The molecule has 0 aliphatic rings. The van der Waals surface area contributed by atoms with Crippen LogP contribution in [0.25, 0.3) is 0 Å². The molecule has 18 heavy (non-hydrogen) atoms. The summed E-state index contributed by atoms with van der Waals surface area (Å²) in [6.45, 7) is 3.34. The van der Waals surface area contributed by atoms with Crippen LogP contribution < -0.4 is 10.6 Å². The van der Waals surface area contributed by atoms with E-state index in [0.29, 0.717) is 19.5 Å². The molecule has 1 amide bonds. The molecule has 0 fully saturated rings. The zero-order valence-electron chi connectivity index (χ0n) is 10.9. The Labute approximate surface area is 107 Å². The molecule has 0 spiro atoms. The third-order valence-corrected chi connectivity index (χ3v) is 2.49. The van der Waals surface area contributed by atoms with E-state index < -0.39 is 0 Å². The standard InChI is InChI=1S/C12H19N5O/c1-3-11-10(9-17(2)16-11)7-14-8-12(18)15-6-4-5-13/h9,14H,3-4,6-8H2,1-2H3,(H,15,18). The minimum absolute atomic E-state index is 0.0906. The molecule has 0 aromatic carbocycles. The first-order chi connectivity index (χ1) is 8.67. The summed E-state index contributed by atoms with van der Waals surface area (Å²) >= 11 is 0. The van der Waals surface area contributed by atoms with Crippen molar-refractivity contribution in [3.8, 4) is 6.07 Å². The summed E-state index contributed by atoms with van der Waals surface area (Å²) in [6, 6.07) is 1.98. The molecular weight excluding hydrogens is 230 g/mol. The highest BCUT2D eigenvalue weighted by Gasteiger charge is 2.06. The number of amides is 1. The highest BCUT2D eigenvalue weighted by atomic mass is 16.1. The molecule has 1 aromatic heterocycles. The number of hydrogen-bond donors (Lipinski definition) is 2. The number of aromatic nitrogens is 2. The molecular formula is C12H19N5O. The molecule has 6 nitrogen and oxygen atoms in total. The van der Waals surface area contributed by atoms with Gasteiger partial charge in [-0.25, -0.2) is 0 Å². The second-order valence-electron chi connectivity index (χ2n) is 3.99. The number of aryl methyl sites for hydroxylation is 2. The number of carbonyl (C=O) groups is 1. The monoisotopic (exact) mass is 249 g/mol. The van der Waals surface area contributed by atoms with Crippen molar-refractivity contribution in [2.45, 2.75) is 26.3 Å². The van der Waals surface area contributed by atoms with Gasteiger partial charge in [-0.2, -0.15) is 10.4 Å². The van der Waals surface area contributed by atoms with Gasteiger partial charge in [-0.3, -0.25) is 9.48 Å². The van der Waals surface area contributed by atoms with Crippen molar-refractivity contribution in [1.29, 1.82) is 5.26 Å². The van der Waals surface area contributed by atoms with Gasteiger partial charge >= 0.3 is 0 Å². The molecule has 0 aliphatic carbocycles. The normalized spacial score (nSPS) is 10.1. The van der Waals surface area contributed by atoms with Crippen molar-refractivity contribution in [3.05, 3.63) is 17.5 Å². The molecule has 0 aliphatic heterocycles. The van der Waals surface area contributed by atoms with Crippen LogP contribution >= 0.6 is 0 Å². The Morgan fingerprint density at radius 3 is 3.06 bits per heavy atom. The first kappa shape index (κ1) is 14.2. The molecule has 1 rings (SSSR count). The van der Waals surface area contributed by atoms with Gasteiger partial charge in [0.1, 0.15) is 0 Å². The van der Waals surface area contributed by atoms with Crippen molar-refractivity contribution in [2.24, 2.45) is 7.05 Å². The molecule has 0 radical (unpaired) electrons. The molecule has 0 bridgehead atoms. The van der Waals surface area contributed by atoms with Crippen LogP contribution in [0.5, 0.6) is 0 Å². The van der Waals surface area contributed by atoms with E-state index in [1.54, 1.807) is 4.68 Å². The summed E-state index contributed by atoms with van der Waals surface area (Å²) in [5.41, 5.74) is 2.17. The second kappa shape index (κ2) is 7.45. The average Bonchev–Trinajstić information content (AvgIpc) is 2.70. The van der Waals surface area contributed by atoms with Crippen LogP contribution in [0.3, 0.4) is 0 Å². The van der Waals surface area contributed by atoms with Crippen LogP contribution in [0.15, 0.2) is 6.20 Å². The summed E-state index contributed by atoms with van der Waals surface area (Å²) in [7, 11) is 1.89. The van der Waals surface area contributed by atoms with Crippen LogP contribution in [0.1, 0.15) is 24.6 Å². The van der Waals surface area contributed by atoms with Gasteiger partial charge < -0.3 is 10.6 Å². The van der Waals surface area contributed by atoms with E-state index >= 15 is 0 Å². The summed E-state index contributed by atoms with van der Waals surface area (Å²) in [6.07, 6.45) is 3.18. The van der Waals surface area contributed by atoms with E-state index in [1.807, 2.05) is 19.3 Å². The lowest BCUT2D eigenvalue weighted by atomic mass is 10.2. The van der Waals surface area contributed by atoms with Crippen molar-refractivity contribution in [2.75, 3.05) is 13.1 Å². The third kappa shape index (κ3) is 4.55. The van der Waals surface area contributed by atoms with Crippen molar-refractivity contribution in [3.63, 3.8) is 0 Å². The van der Waals surface area contributed by atoms with E-state index in [-0.39, 0.29) is 12.5 Å². The zero-order chi connectivity index (χ0) is 13.4. The summed E-state index contributed by atoms with van der Waals surface area (Å²) in [5.74, 6) is -0.0906. The molecule has 98 valence electrons. The molecule has 1 heterocycles.